The van der Waals surface area contributed by atoms with Crippen molar-refractivity contribution in [1.29, 1.82) is 0 Å². The van der Waals surface area contributed by atoms with Gasteiger partial charge in [0.2, 0.25) is 0 Å². The van der Waals surface area contributed by atoms with E-state index in [1.807, 2.05) is 0 Å². The van der Waals surface area contributed by atoms with E-state index >= 15 is 0 Å². The van der Waals surface area contributed by atoms with Gasteiger partial charge in [-0.3, -0.25) is 0 Å². The molecule has 3 rings (SSSR count). The maximum Gasteiger partial charge on any atom is 0.338 e. The van der Waals surface area contributed by atoms with Crippen LogP contribution in [0.5, 0.6) is 0 Å². The number of hydrogen-bond donors (Lipinski definition) is 1. The zero-order chi connectivity index (χ0) is 14.7. The predicted molar refractivity (Wildman–Crippen MR) is 81.1 cm³/mol. The molecule has 1 aromatic rings. The highest BCUT2D eigenvalue weighted by atomic mass is 16.6. The Labute approximate surface area is 125 Å². The standard InChI is InChI=1S/C17H23NO3/c18-14-6-4-5-13(11-14)16(19)21-15-7-10-20-17(12-15)8-2-1-3-9-17/h4-6,11,15H,1-3,7-10,12,18H2. The SMILES string of the molecule is Nc1cccc(C(=O)OC2CCOC3(CCCCC3)C2)c1. The van der Waals surface area contributed by atoms with Gasteiger partial charge in [0.15, 0.2) is 0 Å². The summed E-state index contributed by atoms with van der Waals surface area (Å²) in [7, 11) is 0. The van der Waals surface area contributed by atoms with Crippen LogP contribution in [0.4, 0.5) is 5.69 Å². The van der Waals surface area contributed by atoms with Crippen LogP contribution in [-0.4, -0.2) is 24.3 Å². The fourth-order valence-corrected chi connectivity index (χ4v) is 3.51. The second-order valence-electron chi connectivity index (χ2n) is 6.24. The lowest BCUT2D eigenvalue weighted by Gasteiger charge is -2.43. The molecular weight excluding hydrogens is 266 g/mol. The van der Waals surface area contributed by atoms with Gasteiger partial charge >= 0.3 is 5.97 Å². The highest BCUT2D eigenvalue weighted by Gasteiger charge is 2.39. The molecule has 1 heterocycles. The minimum Gasteiger partial charge on any atom is -0.459 e. The average Bonchev–Trinajstić information content (AvgIpc) is 2.48. The van der Waals surface area contributed by atoms with Gasteiger partial charge in [0.05, 0.1) is 17.8 Å². The summed E-state index contributed by atoms with van der Waals surface area (Å²) >= 11 is 0. The van der Waals surface area contributed by atoms with E-state index in [2.05, 4.69) is 0 Å². The van der Waals surface area contributed by atoms with E-state index in [1.54, 1.807) is 24.3 Å². The Balaban J connectivity index is 1.63. The van der Waals surface area contributed by atoms with Crippen molar-refractivity contribution in [2.75, 3.05) is 12.3 Å². The molecule has 1 aliphatic carbocycles. The van der Waals surface area contributed by atoms with E-state index in [-0.39, 0.29) is 17.7 Å². The Hall–Kier alpha value is -1.55. The number of carbonyl (C=O) groups is 1. The maximum absolute atomic E-state index is 12.2. The third-order valence-corrected chi connectivity index (χ3v) is 4.61. The van der Waals surface area contributed by atoms with E-state index < -0.39 is 0 Å². The third kappa shape index (κ3) is 3.38. The molecule has 1 aromatic carbocycles. The summed E-state index contributed by atoms with van der Waals surface area (Å²) < 4.78 is 11.7. The minimum absolute atomic E-state index is 0.0363. The molecule has 1 aliphatic heterocycles. The normalized spacial score (nSPS) is 24.7. The van der Waals surface area contributed by atoms with Crippen molar-refractivity contribution in [3.8, 4) is 0 Å². The van der Waals surface area contributed by atoms with Crippen LogP contribution in [0, 0.1) is 0 Å². The number of hydrogen-bond acceptors (Lipinski definition) is 4. The molecule has 2 fully saturated rings. The van der Waals surface area contributed by atoms with Crippen LogP contribution in [0.15, 0.2) is 24.3 Å². The van der Waals surface area contributed by atoms with Crippen molar-refractivity contribution in [3.05, 3.63) is 29.8 Å². The summed E-state index contributed by atoms with van der Waals surface area (Å²) in [6.07, 6.45) is 7.51. The van der Waals surface area contributed by atoms with E-state index in [1.165, 1.54) is 19.3 Å². The van der Waals surface area contributed by atoms with Gasteiger partial charge in [0, 0.05) is 18.5 Å². The fourth-order valence-electron chi connectivity index (χ4n) is 3.51. The van der Waals surface area contributed by atoms with Gasteiger partial charge in [0.1, 0.15) is 6.10 Å². The van der Waals surface area contributed by atoms with Gasteiger partial charge in [0.25, 0.3) is 0 Å². The average molecular weight is 289 g/mol. The molecule has 1 saturated heterocycles. The predicted octanol–water partition coefficient (Wildman–Crippen LogP) is 3.31. The summed E-state index contributed by atoms with van der Waals surface area (Å²) in [5.41, 5.74) is 6.78. The molecule has 4 nitrogen and oxygen atoms in total. The molecule has 1 spiro atoms. The molecule has 1 unspecified atom stereocenters. The lowest BCUT2D eigenvalue weighted by molar-refractivity contribution is -0.136. The number of anilines is 1. The number of esters is 1. The lowest BCUT2D eigenvalue weighted by atomic mass is 9.79. The first-order valence-electron chi connectivity index (χ1n) is 7.87. The summed E-state index contributed by atoms with van der Waals surface area (Å²) in [6.45, 7) is 0.689. The van der Waals surface area contributed by atoms with Gasteiger partial charge in [-0.25, -0.2) is 4.79 Å². The monoisotopic (exact) mass is 289 g/mol. The lowest BCUT2D eigenvalue weighted by Crippen LogP contribution is -2.44. The Morgan fingerprint density at radius 2 is 2.10 bits per heavy atom. The van der Waals surface area contributed by atoms with Gasteiger partial charge in [-0.15, -0.1) is 0 Å². The molecule has 4 heteroatoms. The Morgan fingerprint density at radius 1 is 1.29 bits per heavy atom. The topological polar surface area (TPSA) is 61.6 Å². The number of rotatable bonds is 2. The molecule has 114 valence electrons. The van der Waals surface area contributed by atoms with Crippen molar-refractivity contribution in [2.45, 2.75) is 56.7 Å². The van der Waals surface area contributed by atoms with Gasteiger partial charge in [-0.2, -0.15) is 0 Å². The van der Waals surface area contributed by atoms with Crippen LogP contribution >= 0.6 is 0 Å². The van der Waals surface area contributed by atoms with Crippen LogP contribution in [0.25, 0.3) is 0 Å². The van der Waals surface area contributed by atoms with Gasteiger partial charge < -0.3 is 15.2 Å². The third-order valence-electron chi connectivity index (χ3n) is 4.61. The van der Waals surface area contributed by atoms with Crippen LogP contribution in [0.2, 0.25) is 0 Å². The van der Waals surface area contributed by atoms with Crippen LogP contribution in [0.1, 0.15) is 55.3 Å². The second-order valence-corrected chi connectivity index (χ2v) is 6.24. The van der Waals surface area contributed by atoms with Crippen LogP contribution in [0.3, 0.4) is 0 Å². The van der Waals surface area contributed by atoms with E-state index in [4.69, 9.17) is 15.2 Å². The van der Waals surface area contributed by atoms with Crippen molar-refractivity contribution in [1.82, 2.24) is 0 Å². The first kappa shape index (κ1) is 14.4. The quantitative estimate of drug-likeness (QED) is 0.670. The van der Waals surface area contributed by atoms with Crippen molar-refractivity contribution < 1.29 is 14.3 Å². The summed E-state index contributed by atoms with van der Waals surface area (Å²) in [5.74, 6) is -0.278. The first-order chi connectivity index (χ1) is 10.2. The number of carbonyl (C=O) groups excluding carboxylic acids is 1. The largest absolute Gasteiger partial charge is 0.459 e. The highest BCUT2D eigenvalue weighted by molar-refractivity contribution is 5.90. The molecule has 0 radical (unpaired) electrons. The molecule has 0 amide bonds. The Kier molecular flexibility index (Phi) is 4.15. The zero-order valence-corrected chi connectivity index (χ0v) is 12.3. The van der Waals surface area contributed by atoms with E-state index in [9.17, 15) is 4.79 Å². The molecular formula is C17H23NO3. The molecule has 0 bridgehead atoms. The van der Waals surface area contributed by atoms with Crippen LogP contribution in [-0.2, 0) is 9.47 Å². The van der Waals surface area contributed by atoms with E-state index in [0.717, 1.165) is 25.7 Å². The second kappa shape index (κ2) is 6.06. The minimum atomic E-state index is -0.278. The van der Waals surface area contributed by atoms with Crippen molar-refractivity contribution >= 4 is 11.7 Å². The maximum atomic E-state index is 12.2. The molecule has 1 atom stereocenters. The van der Waals surface area contributed by atoms with E-state index in [0.29, 0.717) is 17.9 Å². The summed E-state index contributed by atoms with van der Waals surface area (Å²) in [6, 6.07) is 6.95. The molecule has 0 aromatic heterocycles. The van der Waals surface area contributed by atoms with Gasteiger partial charge in [-0.05, 0) is 31.0 Å². The number of ether oxygens (including phenoxy) is 2. The van der Waals surface area contributed by atoms with Crippen molar-refractivity contribution in [3.63, 3.8) is 0 Å². The Bertz CT molecular complexity index is 503. The molecule has 1 saturated carbocycles. The molecule has 2 N–H and O–H groups in total. The first-order valence-corrected chi connectivity index (χ1v) is 7.87. The fraction of sp³-hybridized carbons (Fsp3) is 0.588. The Morgan fingerprint density at radius 3 is 2.86 bits per heavy atom. The summed E-state index contributed by atoms with van der Waals surface area (Å²) in [4.78, 5) is 12.2. The summed E-state index contributed by atoms with van der Waals surface area (Å²) in [5, 5.41) is 0. The van der Waals surface area contributed by atoms with Gasteiger partial charge in [-0.1, -0.05) is 25.3 Å². The molecule has 21 heavy (non-hydrogen) atoms. The van der Waals surface area contributed by atoms with Crippen molar-refractivity contribution in [2.24, 2.45) is 0 Å². The smallest absolute Gasteiger partial charge is 0.338 e. The highest BCUT2D eigenvalue weighted by Crippen LogP contribution is 2.39. The number of benzene rings is 1. The number of nitrogens with two attached hydrogens (primary N) is 1. The zero-order valence-electron chi connectivity index (χ0n) is 12.3. The van der Waals surface area contributed by atoms with Crippen LogP contribution < -0.4 is 5.73 Å². The number of nitrogen functional groups attached to an aromatic ring is 1. The molecule has 2 aliphatic rings.